The SMILES string of the molecule is COc1ccc(N=C2NC(=O)/C(=C/c3cc(OC)c(OC)c(OC)c3)S2)cc1[N+](=O)[O-]. The van der Waals surface area contributed by atoms with Gasteiger partial charge in [-0.05, 0) is 47.7 Å². The smallest absolute Gasteiger partial charge is 0.313 e. The van der Waals surface area contributed by atoms with Gasteiger partial charge in [0.2, 0.25) is 5.75 Å². The molecule has 31 heavy (non-hydrogen) atoms. The zero-order valence-electron chi connectivity index (χ0n) is 17.1. The van der Waals surface area contributed by atoms with E-state index >= 15 is 0 Å². The number of methoxy groups -OCH3 is 4. The Labute approximate surface area is 182 Å². The van der Waals surface area contributed by atoms with Crippen molar-refractivity contribution in [1.29, 1.82) is 0 Å². The van der Waals surface area contributed by atoms with Gasteiger partial charge in [0.1, 0.15) is 0 Å². The molecule has 0 saturated carbocycles. The van der Waals surface area contributed by atoms with E-state index < -0.39 is 4.92 Å². The van der Waals surface area contributed by atoms with Gasteiger partial charge in [-0.2, -0.15) is 0 Å². The van der Waals surface area contributed by atoms with Crippen LogP contribution >= 0.6 is 11.8 Å². The van der Waals surface area contributed by atoms with Gasteiger partial charge in [-0.3, -0.25) is 14.9 Å². The van der Waals surface area contributed by atoms with Crippen LogP contribution in [0.15, 0.2) is 40.2 Å². The van der Waals surface area contributed by atoms with Crippen molar-refractivity contribution in [2.75, 3.05) is 28.4 Å². The third-order valence-corrected chi connectivity index (χ3v) is 5.14. The second-order valence-corrected chi connectivity index (χ2v) is 7.08. The zero-order chi connectivity index (χ0) is 22.5. The Hall–Kier alpha value is -3.73. The molecule has 2 aromatic carbocycles. The molecule has 1 heterocycles. The average Bonchev–Trinajstić information content (AvgIpc) is 3.11. The van der Waals surface area contributed by atoms with Crippen molar-refractivity contribution in [1.82, 2.24) is 5.32 Å². The van der Waals surface area contributed by atoms with Crippen LogP contribution in [0.25, 0.3) is 6.08 Å². The standard InChI is InChI=1S/C20H19N3O7S/c1-27-14-6-5-12(10-13(14)23(25)26)21-20-22-19(24)17(31-20)9-11-7-15(28-2)18(30-4)16(8-11)29-3/h5-10H,1-4H3,(H,21,22,24)/b17-9-. The molecule has 2 aromatic rings. The molecule has 0 radical (unpaired) electrons. The van der Waals surface area contributed by atoms with Crippen LogP contribution in [0, 0.1) is 10.1 Å². The van der Waals surface area contributed by atoms with Gasteiger partial charge in [0.15, 0.2) is 22.4 Å². The van der Waals surface area contributed by atoms with Gasteiger partial charge in [-0.25, -0.2) is 4.99 Å². The Bertz CT molecular complexity index is 1070. The van der Waals surface area contributed by atoms with Crippen LogP contribution in [-0.2, 0) is 4.79 Å². The lowest BCUT2D eigenvalue weighted by Crippen LogP contribution is -2.19. The summed E-state index contributed by atoms with van der Waals surface area (Å²) in [5, 5.41) is 14.1. The maximum Gasteiger partial charge on any atom is 0.313 e. The molecule has 1 N–H and O–H groups in total. The minimum absolute atomic E-state index is 0.125. The van der Waals surface area contributed by atoms with Crippen molar-refractivity contribution in [2.45, 2.75) is 0 Å². The van der Waals surface area contributed by atoms with Crippen molar-refractivity contribution < 1.29 is 28.7 Å². The lowest BCUT2D eigenvalue weighted by molar-refractivity contribution is -0.385. The van der Waals surface area contributed by atoms with Gasteiger partial charge in [-0.15, -0.1) is 0 Å². The number of amidine groups is 1. The molecule has 1 amide bonds. The largest absolute Gasteiger partial charge is 0.493 e. The van der Waals surface area contributed by atoms with Gasteiger partial charge >= 0.3 is 5.69 Å². The molecule has 1 saturated heterocycles. The van der Waals surface area contributed by atoms with E-state index in [1.54, 1.807) is 24.3 Å². The maximum absolute atomic E-state index is 12.4. The van der Waals surface area contributed by atoms with E-state index in [4.69, 9.17) is 18.9 Å². The third kappa shape index (κ3) is 4.72. The highest BCUT2D eigenvalue weighted by atomic mass is 32.2. The summed E-state index contributed by atoms with van der Waals surface area (Å²) < 4.78 is 20.9. The van der Waals surface area contributed by atoms with E-state index in [0.717, 1.165) is 11.8 Å². The summed E-state index contributed by atoms with van der Waals surface area (Å²) in [6, 6.07) is 7.71. The van der Waals surface area contributed by atoms with Crippen molar-refractivity contribution >= 4 is 40.3 Å². The second kappa shape index (κ2) is 9.39. The minimum atomic E-state index is -0.557. The lowest BCUT2D eigenvalue weighted by Gasteiger charge is -2.12. The highest BCUT2D eigenvalue weighted by Gasteiger charge is 2.25. The number of carbonyl (C=O) groups excluding carboxylic acids is 1. The number of nitro benzene ring substituents is 1. The van der Waals surface area contributed by atoms with Gasteiger partial charge in [0.25, 0.3) is 5.91 Å². The van der Waals surface area contributed by atoms with Crippen LogP contribution in [0.5, 0.6) is 23.0 Å². The summed E-state index contributed by atoms with van der Waals surface area (Å²) in [5.74, 6) is 1.13. The molecule has 162 valence electrons. The van der Waals surface area contributed by atoms with E-state index in [9.17, 15) is 14.9 Å². The van der Waals surface area contributed by atoms with Crippen LogP contribution in [0.4, 0.5) is 11.4 Å². The molecule has 3 rings (SSSR count). The Kier molecular flexibility index (Phi) is 6.65. The lowest BCUT2D eigenvalue weighted by atomic mass is 10.1. The first-order chi connectivity index (χ1) is 14.9. The first kappa shape index (κ1) is 22.0. The number of carbonyl (C=O) groups is 1. The Morgan fingerprint density at radius 1 is 1.00 bits per heavy atom. The Morgan fingerprint density at radius 2 is 1.65 bits per heavy atom. The topological polar surface area (TPSA) is 122 Å². The molecule has 1 aliphatic heterocycles. The summed E-state index contributed by atoms with van der Waals surface area (Å²) >= 11 is 1.11. The monoisotopic (exact) mass is 445 g/mol. The van der Waals surface area contributed by atoms with E-state index in [1.165, 1.54) is 40.6 Å². The number of rotatable bonds is 7. The number of benzene rings is 2. The predicted molar refractivity (Wildman–Crippen MR) is 117 cm³/mol. The first-order valence-electron chi connectivity index (χ1n) is 8.82. The summed E-state index contributed by atoms with van der Waals surface area (Å²) in [7, 11) is 5.86. The average molecular weight is 445 g/mol. The summed E-state index contributed by atoms with van der Waals surface area (Å²) in [6.07, 6.45) is 1.66. The molecule has 11 heteroatoms. The van der Waals surface area contributed by atoms with Crippen LogP contribution in [-0.4, -0.2) is 44.4 Å². The normalized spacial score (nSPS) is 15.7. The predicted octanol–water partition coefficient (Wildman–Crippen LogP) is 3.52. The molecule has 0 unspecified atom stereocenters. The van der Waals surface area contributed by atoms with Gasteiger partial charge in [0.05, 0.1) is 44.0 Å². The van der Waals surface area contributed by atoms with E-state index in [2.05, 4.69) is 10.3 Å². The number of nitrogens with one attached hydrogen (secondary N) is 1. The van der Waals surface area contributed by atoms with Gasteiger partial charge in [-0.1, -0.05) is 0 Å². The highest BCUT2D eigenvalue weighted by Crippen LogP contribution is 2.40. The molecule has 0 aliphatic carbocycles. The third-order valence-electron chi connectivity index (χ3n) is 4.23. The fourth-order valence-electron chi connectivity index (χ4n) is 2.82. The number of hydrogen-bond acceptors (Lipinski definition) is 9. The van der Waals surface area contributed by atoms with E-state index in [0.29, 0.717) is 38.6 Å². The number of nitro groups is 1. The van der Waals surface area contributed by atoms with Crippen LogP contribution < -0.4 is 24.3 Å². The fourth-order valence-corrected chi connectivity index (χ4v) is 3.67. The van der Waals surface area contributed by atoms with E-state index in [-0.39, 0.29) is 17.3 Å². The number of amides is 1. The molecular weight excluding hydrogens is 426 g/mol. The van der Waals surface area contributed by atoms with Crippen LogP contribution in [0.3, 0.4) is 0 Å². The quantitative estimate of drug-likeness (QED) is 0.390. The Morgan fingerprint density at radius 3 is 2.19 bits per heavy atom. The molecule has 0 spiro atoms. The summed E-state index contributed by atoms with van der Waals surface area (Å²) in [6.45, 7) is 0. The zero-order valence-corrected chi connectivity index (χ0v) is 17.9. The maximum atomic E-state index is 12.4. The van der Waals surface area contributed by atoms with Gasteiger partial charge in [0, 0.05) is 6.07 Å². The minimum Gasteiger partial charge on any atom is -0.493 e. The summed E-state index contributed by atoms with van der Waals surface area (Å²) in [4.78, 5) is 27.7. The number of thioether (sulfide) groups is 1. The van der Waals surface area contributed by atoms with E-state index in [1.807, 2.05) is 0 Å². The summed E-state index contributed by atoms with van der Waals surface area (Å²) in [5.41, 5.74) is 0.754. The molecule has 1 aliphatic rings. The molecule has 0 aromatic heterocycles. The van der Waals surface area contributed by atoms with Crippen molar-refractivity contribution in [3.8, 4) is 23.0 Å². The van der Waals surface area contributed by atoms with Crippen molar-refractivity contribution in [3.05, 3.63) is 50.9 Å². The molecular formula is C20H19N3O7S. The number of nitrogens with zero attached hydrogens (tertiary/aromatic N) is 2. The van der Waals surface area contributed by atoms with Gasteiger partial charge < -0.3 is 24.3 Å². The molecule has 0 bridgehead atoms. The number of ether oxygens (including phenoxy) is 4. The second-order valence-electron chi connectivity index (χ2n) is 6.05. The van der Waals surface area contributed by atoms with Crippen LogP contribution in [0.1, 0.15) is 5.56 Å². The van der Waals surface area contributed by atoms with Crippen molar-refractivity contribution in [3.63, 3.8) is 0 Å². The highest BCUT2D eigenvalue weighted by molar-refractivity contribution is 8.18. The fraction of sp³-hybridized carbons (Fsp3) is 0.200. The molecule has 10 nitrogen and oxygen atoms in total. The van der Waals surface area contributed by atoms with Crippen LogP contribution in [0.2, 0.25) is 0 Å². The number of aliphatic imine (C=N–C) groups is 1. The first-order valence-corrected chi connectivity index (χ1v) is 9.63. The Balaban J connectivity index is 1.91. The van der Waals surface area contributed by atoms with Crippen molar-refractivity contribution in [2.24, 2.45) is 4.99 Å². The molecule has 0 atom stereocenters. The number of hydrogen-bond donors (Lipinski definition) is 1. The molecule has 1 fully saturated rings.